The lowest BCUT2D eigenvalue weighted by Crippen LogP contribution is -2.26. The predicted octanol–water partition coefficient (Wildman–Crippen LogP) is 3.37. The summed E-state index contributed by atoms with van der Waals surface area (Å²) in [5.74, 6) is 0. The Balaban J connectivity index is 2.01. The van der Waals surface area contributed by atoms with E-state index < -0.39 is 6.03 Å². The minimum atomic E-state index is -0.541. The van der Waals surface area contributed by atoms with Crippen molar-refractivity contribution < 1.29 is 9.53 Å². The minimum absolute atomic E-state index is 0.541. The Morgan fingerprint density at radius 2 is 2.09 bits per heavy atom. The molecule has 2 amide bonds. The third-order valence-corrected chi connectivity index (χ3v) is 4.55. The molecule has 0 spiro atoms. The van der Waals surface area contributed by atoms with Crippen LogP contribution in [0.25, 0.3) is 10.4 Å². The highest BCUT2D eigenvalue weighted by atomic mass is 32.1. The molecule has 0 fully saturated rings. The van der Waals surface area contributed by atoms with Gasteiger partial charge in [-0.25, -0.2) is 4.79 Å². The third-order valence-electron chi connectivity index (χ3n) is 3.57. The van der Waals surface area contributed by atoms with Crippen LogP contribution in [0.3, 0.4) is 0 Å². The number of benzene rings is 1. The van der Waals surface area contributed by atoms with Gasteiger partial charge in [-0.05, 0) is 23.7 Å². The van der Waals surface area contributed by atoms with Crippen molar-refractivity contribution in [2.75, 3.05) is 32.1 Å². The number of hydrogen-bond donors (Lipinski definition) is 2. The Kier molecular flexibility index (Phi) is 6.58. The van der Waals surface area contributed by atoms with E-state index in [1.165, 1.54) is 5.56 Å². The van der Waals surface area contributed by atoms with E-state index in [4.69, 9.17) is 10.5 Å². The largest absolute Gasteiger partial charge is 0.383 e. The highest BCUT2D eigenvalue weighted by Crippen LogP contribution is 2.30. The molecule has 0 atom stereocenters. The van der Waals surface area contributed by atoms with Gasteiger partial charge in [0.1, 0.15) is 0 Å². The number of carbonyl (C=O) groups excluding carboxylic acids is 1. The number of anilines is 1. The van der Waals surface area contributed by atoms with Gasteiger partial charge in [-0.2, -0.15) is 0 Å². The van der Waals surface area contributed by atoms with E-state index in [9.17, 15) is 4.79 Å². The van der Waals surface area contributed by atoms with Gasteiger partial charge < -0.3 is 15.8 Å². The molecule has 1 aromatic heterocycles. The number of primary amides is 1. The molecular formula is C17H23N3O2S. The number of likely N-dealkylation sites (N-methyl/N-ethyl adjacent to an activating group) is 1. The second kappa shape index (κ2) is 8.67. The first-order valence-electron chi connectivity index (χ1n) is 7.58. The molecule has 0 aliphatic heterocycles. The van der Waals surface area contributed by atoms with Crippen molar-refractivity contribution in [1.29, 1.82) is 0 Å². The fourth-order valence-electron chi connectivity index (χ4n) is 2.30. The van der Waals surface area contributed by atoms with Gasteiger partial charge in [0.25, 0.3) is 0 Å². The standard InChI is InChI=1S/C17H23N3O2S/c1-3-20(8-9-22-2)11-13-4-6-14(7-5-13)16-10-15(12-23-16)19-17(18)21/h4-7,10,12H,3,8-9,11H2,1-2H3,(H3,18,19,21). The SMILES string of the molecule is CCN(CCOC)Cc1ccc(-c2cc(NC(N)=O)cs2)cc1. The summed E-state index contributed by atoms with van der Waals surface area (Å²) >= 11 is 1.58. The smallest absolute Gasteiger partial charge is 0.316 e. The molecule has 23 heavy (non-hydrogen) atoms. The molecule has 0 saturated heterocycles. The number of carbonyl (C=O) groups is 1. The van der Waals surface area contributed by atoms with Crippen LogP contribution >= 0.6 is 11.3 Å². The topological polar surface area (TPSA) is 67.6 Å². The van der Waals surface area contributed by atoms with Crippen molar-refractivity contribution in [3.8, 4) is 10.4 Å². The zero-order valence-electron chi connectivity index (χ0n) is 13.5. The molecule has 124 valence electrons. The van der Waals surface area contributed by atoms with Crippen LogP contribution < -0.4 is 11.1 Å². The predicted molar refractivity (Wildman–Crippen MR) is 95.8 cm³/mol. The zero-order valence-corrected chi connectivity index (χ0v) is 14.4. The molecule has 0 aliphatic carbocycles. The Labute approximate surface area is 141 Å². The van der Waals surface area contributed by atoms with Crippen molar-refractivity contribution in [3.05, 3.63) is 41.3 Å². The summed E-state index contributed by atoms with van der Waals surface area (Å²) in [6.45, 7) is 5.75. The molecule has 0 aliphatic rings. The Morgan fingerprint density at radius 1 is 1.35 bits per heavy atom. The van der Waals surface area contributed by atoms with Crippen molar-refractivity contribution in [2.45, 2.75) is 13.5 Å². The van der Waals surface area contributed by atoms with Crippen LogP contribution in [-0.4, -0.2) is 37.7 Å². The number of urea groups is 1. The molecule has 1 heterocycles. The number of nitrogens with two attached hydrogens (primary N) is 1. The number of thiophene rings is 1. The van der Waals surface area contributed by atoms with E-state index in [1.54, 1.807) is 18.4 Å². The summed E-state index contributed by atoms with van der Waals surface area (Å²) in [5, 5.41) is 4.48. The van der Waals surface area contributed by atoms with Crippen LogP contribution in [0.2, 0.25) is 0 Å². The molecule has 0 saturated carbocycles. The lowest BCUT2D eigenvalue weighted by atomic mass is 10.1. The van der Waals surface area contributed by atoms with Crippen LogP contribution in [-0.2, 0) is 11.3 Å². The van der Waals surface area contributed by atoms with E-state index in [-0.39, 0.29) is 0 Å². The number of nitrogens with zero attached hydrogens (tertiary/aromatic N) is 1. The number of amides is 2. The first-order valence-corrected chi connectivity index (χ1v) is 8.46. The maximum atomic E-state index is 10.9. The molecule has 2 rings (SSSR count). The quantitative estimate of drug-likeness (QED) is 0.778. The second-order valence-corrected chi connectivity index (χ2v) is 6.16. The van der Waals surface area contributed by atoms with Gasteiger partial charge >= 0.3 is 6.03 Å². The van der Waals surface area contributed by atoms with E-state index in [0.29, 0.717) is 0 Å². The fourth-order valence-corrected chi connectivity index (χ4v) is 3.15. The maximum Gasteiger partial charge on any atom is 0.316 e. The molecule has 2 aromatic rings. The average Bonchev–Trinajstić information content (AvgIpc) is 2.99. The molecular weight excluding hydrogens is 310 g/mol. The second-order valence-electron chi connectivity index (χ2n) is 5.25. The zero-order chi connectivity index (χ0) is 16.7. The van der Waals surface area contributed by atoms with Gasteiger partial charge in [-0.15, -0.1) is 11.3 Å². The Hall–Kier alpha value is -1.89. The van der Waals surface area contributed by atoms with E-state index >= 15 is 0 Å². The summed E-state index contributed by atoms with van der Waals surface area (Å²) < 4.78 is 5.14. The van der Waals surface area contributed by atoms with Crippen LogP contribution in [0, 0.1) is 0 Å². The van der Waals surface area contributed by atoms with Gasteiger partial charge in [0.15, 0.2) is 0 Å². The van der Waals surface area contributed by atoms with E-state index in [0.717, 1.165) is 42.4 Å². The Morgan fingerprint density at radius 3 is 2.70 bits per heavy atom. The number of nitrogens with one attached hydrogen (secondary N) is 1. The third kappa shape index (κ3) is 5.35. The number of methoxy groups -OCH3 is 1. The monoisotopic (exact) mass is 333 g/mol. The molecule has 0 unspecified atom stereocenters. The van der Waals surface area contributed by atoms with Crippen LogP contribution in [0.15, 0.2) is 35.7 Å². The minimum Gasteiger partial charge on any atom is -0.383 e. The summed E-state index contributed by atoms with van der Waals surface area (Å²) in [5.41, 5.74) is 8.27. The molecule has 1 aromatic carbocycles. The molecule has 3 N–H and O–H groups in total. The average molecular weight is 333 g/mol. The van der Waals surface area contributed by atoms with Crippen LogP contribution in [0.1, 0.15) is 12.5 Å². The normalized spacial score (nSPS) is 10.9. The highest BCUT2D eigenvalue weighted by Gasteiger charge is 2.06. The van der Waals surface area contributed by atoms with Gasteiger partial charge in [-0.1, -0.05) is 31.2 Å². The van der Waals surface area contributed by atoms with Crippen molar-refractivity contribution in [1.82, 2.24) is 4.90 Å². The molecule has 0 radical (unpaired) electrons. The summed E-state index contributed by atoms with van der Waals surface area (Å²) in [6.07, 6.45) is 0. The maximum absolute atomic E-state index is 10.9. The van der Waals surface area contributed by atoms with Crippen LogP contribution in [0.5, 0.6) is 0 Å². The van der Waals surface area contributed by atoms with Crippen molar-refractivity contribution >= 4 is 23.1 Å². The summed E-state index contributed by atoms with van der Waals surface area (Å²) in [7, 11) is 1.73. The lowest BCUT2D eigenvalue weighted by Gasteiger charge is -2.20. The van der Waals surface area contributed by atoms with Gasteiger partial charge in [-0.3, -0.25) is 4.90 Å². The Bertz CT molecular complexity index is 625. The summed E-state index contributed by atoms with van der Waals surface area (Å²) in [6, 6.07) is 9.90. The molecule has 5 nitrogen and oxygen atoms in total. The van der Waals surface area contributed by atoms with Gasteiger partial charge in [0, 0.05) is 30.5 Å². The van der Waals surface area contributed by atoms with Gasteiger partial charge in [0.2, 0.25) is 0 Å². The van der Waals surface area contributed by atoms with E-state index in [1.807, 2.05) is 11.4 Å². The first kappa shape index (κ1) is 17.5. The molecule has 6 heteroatoms. The number of hydrogen-bond acceptors (Lipinski definition) is 4. The van der Waals surface area contributed by atoms with Gasteiger partial charge in [0.05, 0.1) is 12.3 Å². The van der Waals surface area contributed by atoms with Crippen molar-refractivity contribution in [2.24, 2.45) is 5.73 Å². The lowest BCUT2D eigenvalue weighted by molar-refractivity contribution is 0.147. The summed E-state index contributed by atoms with van der Waals surface area (Å²) in [4.78, 5) is 14.3. The number of ether oxygens (including phenoxy) is 1. The fraction of sp³-hybridized carbons (Fsp3) is 0.353. The van der Waals surface area contributed by atoms with Crippen LogP contribution in [0.4, 0.5) is 10.5 Å². The molecule has 0 bridgehead atoms. The number of rotatable bonds is 8. The van der Waals surface area contributed by atoms with E-state index in [2.05, 4.69) is 41.4 Å². The highest BCUT2D eigenvalue weighted by molar-refractivity contribution is 7.14. The van der Waals surface area contributed by atoms with Crippen molar-refractivity contribution in [3.63, 3.8) is 0 Å². The first-order chi connectivity index (χ1) is 11.1.